The first-order chi connectivity index (χ1) is 13.9. The molecule has 0 saturated carbocycles. The second kappa shape index (κ2) is 9.11. The van der Waals surface area contributed by atoms with Crippen LogP contribution in [0.4, 0.5) is 10.8 Å². The van der Waals surface area contributed by atoms with Crippen molar-refractivity contribution in [2.45, 2.75) is 19.9 Å². The molecule has 0 aliphatic rings. The third-order valence-corrected chi connectivity index (χ3v) is 4.85. The lowest BCUT2D eigenvalue weighted by atomic mass is 10.2. The molecule has 0 aliphatic heterocycles. The number of carbonyl (C=O) groups is 3. The molecule has 2 aromatic carbocycles. The predicted molar refractivity (Wildman–Crippen MR) is 116 cm³/mol. The zero-order valence-electron chi connectivity index (χ0n) is 15.9. The number of nitrogens with one attached hydrogen (secondary N) is 3. The van der Waals surface area contributed by atoms with Crippen molar-refractivity contribution in [2.75, 3.05) is 10.6 Å². The van der Waals surface area contributed by atoms with Crippen LogP contribution in [-0.4, -0.2) is 28.7 Å². The minimum Gasteiger partial charge on any atom is -0.341 e. The predicted octanol–water partition coefficient (Wildman–Crippen LogP) is 3.41. The van der Waals surface area contributed by atoms with Gasteiger partial charge in [-0.25, -0.2) is 4.98 Å². The fourth-order valence-electron chi connectivity index (χ4n) is 2.54. The van der Waals surface area contributed by atoms with Crippen LogP contribution in [0.5, 0.6) is 0 Å². The van der Waals surface area contributed by atoms with Gasteiger partial charge in [-0.15, -0.1) is 0 Å². The van der Waals surface area contributed by atoms with Gasteiger partial charge < -0.3 is 16.0 Å². The molecular formula is C21H20N4O3S. The maximum Gasteiger partial charge on any atom is 0.248 e. The minimum absolute atomic E-state index is 0.159. The van der Waals surface area contributed by atoms with Crippen LogP contribution in [0.3, 0.4) is 0 Å². The van der Waals surface area contributed by atoms with Crippen LogP contribution in [0.1, 0.15) is 19.4 Å². The van der Waals surface area contributed by atoms with E-state index in [1.165, 1.54) is 24.3 Å². The van der Waals surface area contributed by atoms with Crippen molar-refractivity contribution in [3.63, 3.8) is 0 Å². The van der Waals surface area contributed by atoms with E-state index < -0.39 is 6.04 Å². The van der Waals surface area contributed by atoms with Crippen molar-refractivity contribution in [3.8, 4) is 0 Å². The first-order valence-corrected chi connectivity index (χ1v) is 9.75. The van der Waals surface area contributed by atoms with Crippen molar-refractivity contribution in [1.29, 1.82) is 0 Å². The first-order valence-electron chi connectivity index (χ1n) is 8.93. The largest absolute Gasteiger partial charge is 0.341 e. The summed E-state index contributed by atoms with van der Waals surface area (Å²) in [5.74, 6) is -0.887. The Kier molecular flexibility index (Phi) is 6.36. The molecule has 1 aromatic heterocycles. The molecule has 1 atom stereocenters. The molecular weight excluding hydrogens is 388 g/mol. The molecule has 1 heterocycles. The van der Waals surface area contributed by atoms with E-state index in [2.05, 4.69) is 20.9 Å². The molecule has 3 aromatic rings. The lowest BCUT2D eigenvalue weighted by Crippen LogP contribution is -2.40. The number of benzene rings is 2. The number of hydrogen-bond donors (Lipinski definition) is 3. The average Bonchev–Trinajstić information content (AvgIpc) is 3.08. The molecule has 1 unspecified atom stereocenters. The van der Waals surface area contributed by atoms with Gasteiger partial charge in [-0.2, -0.15) is 0 Å². The molecule has 7 nitrogen and oxygen atoms in total. The van der Waals surface area contributed by atoms with Crippen molar-refractivity contribution in [2.24, 2.45) is 0 Å². The maximum atomic E-state index is 12.4. The summed E-state index contributed by atoms with van der Waals surface area (Å²) in [7, 11) is 0. The highest BCUT2D eigenvalue weighted by Crippen LogP contribution is 2.28. The Hall–Kier alpha value is -3.52. The Morgan fingerprint density at radius 2 is 1.83 bits per heavy atom. The van der Waals surface area contributed by atoms with Crippen molar-refractivity contribution < 1.29 is 14.4 Å². The van der Waals surface area contributed by atoms with Crippen molar-refractivity contribution in [3.05, 3.63) is 60.2 Å². The van der Waals surface area contributed by atoms with Gasteiger partial charge in [0, 0.05) is 18.7 Å². The van der Waals surface area contributed by atoms with Crippen molar-refractivity contribution in [1.82, 2.24) is 10.3 Å². The van der Waals surface area contributed by atoms with E-state index in [4.69, 9.17) is 0 Å². The van der Waals surface area contributed by atoms with E-state index in [0.717, 1.165) is 10.3 Å². The van der Waals surface area contributed by atoms with E-state index in [-0.39, 0.29) is 17.7 Å². The van der Waals surface area contributed by atoms with Crippen LogP contribution < -0.4 is 16.0 Å². The molecule has 3 N–H and O–H groups in total. The average molecular weight is 408 g/mol. The van der Waals surface area contributed by atoms with E-state index in [1.807, 2.05) is 30.3 Å². The number of rotatable bonds is 6. The number of nitrogens with zero attached hydrogens (tertiary/aromatic N) is 1. The fraction of sp³-hybridized carbons (Fsp3) is 0.143. The highest BCUT2D eigenvalue weighted by molar-refractivity contribution is 7.22. The van der Waals surface area contributed by atoms with Crippen LogP contribution in [0, 0.1) is 0 Å². The highest BCUT2D eigenvalue weighted by Gasteiger charge is 2.16. The quantitative estimate of drug-likeness (QED) is 0.544. The number of thiazole rings is 1. The third kappa shape index (κ3) is 5.73. The zero-order chi connectivity index (χ0) is 20.8. The van der Waals surface area contributed by atoms with Crippen LogP contribution >= 0.6 is 11.3 Å². The summed E-state index contributed by atoms with van der Waals surface area (Å²) >= 11 is 1.29. The summed E-state index contributed by atoms with van der Waals surface area (Å²) in [5, 5.41) is 8.47. The summed E-state index contributed by atoms with van der Waals surface area (Å²) < 4.78 is 0.828. The Labute approximate surface area is 171 Å². The Morgan fingerprint density at radius 1 is 1.07 bits per heavy atom. The van der Waals surface area contributed by atoms with Crippen LogP contribution in [0.25, 0.3) is 16.3 Å². The summed E-state index contributed by atoms with van der Waals surface area (Å²) in [6.45, 7) is 3.04. The Bertz CT molecular complexity index is 1080. The summed E-state index contributed by atoms with van der Waals surface area (Å²) in [6.07, 6.45) is 3.07. The normalized spacial score (nSPS) is 11.9. The van der Waals surface area contributed by atoms with Gasteiger partial charge in [0.15, 0.2) is 5.13 Å². The van der Waals surface area contributed by atoms with Gasteiger partial charge in [0.25, 0.3) is 0 Å². The van der Waals surface area contributed by atoms with Gasteiger partial charge in [-0.3, -0.25) is 14.4 Å². The number of anilines is 2. The number of hydrogen-bond acceptors (Lipinski definition) is 5. The molecule has 29 heavy (non-hydrogen) atoms. The molecule has 8 heteroatoms. The fourth-order valence-corrected chi connectivity index (χ4v) is 3.44. The van der Waals surface area contributed by atoms with Gasteiger partial charge in [0.05, 0.1) is 10.2 Å². The molecule has 0 spiro atoms. The lowest BCUT2D eigenvalue weighted by molar-refractivity contribution is -0.123. The maximum absolute atomic E-state index is 12.4. The molecule has 0 saturated heterocycles. The molecule has 148 valence electrons. The molecule has 0 fully saturated rings. The van der Waals surface area contributed by atoms with E-state index >= 15 is 0 Å². The van der Waals surface area contributed by atoms with Crippen LogP contribution in [-0.2, 0) is 14.4 Å². The highest BCUT2D eigenvalue weighted by atomic mass is 32.1. The molecule has 3 amide bonds. The monoisotopic (exact) mass is 408 g/mol. The van der Waals surface area contributed by atoms with E-state index in [1.54, 1.807) is 31.2 Å². The van der Waals surface area contributed by atoms with Gasteiger partial charge in [-0.05, 0) is 36.8 Å². The zero-order valence-corrected chi connectivity index (χ0v) is 16.7. The van der Waals surface area contributed by atoms with Gasteiger partial charge >= 0.3 is 0 Å². The lowest BCUT2D eigenvalue weighted by Gasteiger charge is -2.11. The second-order valence-corrected chi connectivity index (χ2v) is 7.38. The Balaban J connectivity index is 1.59. The summed E-state index contributed by atoms with van der Waals surface area (Å²) in [6, 6.07) is 14.0. The van der Waals surface area contributed by atoms with Crippen LogP contribution in [0.2, 0.25) is 0 Å². The first kappa shape index (κ1) is 20.2. The number of fused-ring (bicyclic) bond motifs is 1. The molecule has 0 aliphatic carbocycles. The second-order valence-electron chi connectivity index (χ2n) is 6.35. The van der Waals surface area contributed by atoms with Crippen LogP contribution in [0.15, 0.2) is 54.6 Å². The standard InChI is InChI=1S/C21H20N4O3S/c1-13(22-19(27)11-8-15-6-4-3-5-7-15)20(28)25-21-24-17-10-9-16(23-14(2)26)12-18(17)29-21/h3-13H,1-2H3,(H,22,27)(H,23,26)(H,24,25,28). The molecule has 3 rings (SSSR count). The molecule has 0 radical (unpaired) electrons. The number of aromatic nitrogens is 1. The SMILES string of the molecule is CC(=O)Nc1ccc2nc(NC(=O)C(C)NC(=O)C=Cc3ccccc3)sc2c1. The number of amides is 3. The topological polar surface area (TPSA) is 100 Å². The summed E-state index contributed by atoms with van der Waals surface area (Å²) in [4.78, 5) is 39.9. The molecule has 0 bridgehead atoms. The van der Waals surface area contributed by atoms with E-state index in [0.29, 0.717) is 16.3 Å². The van der Waals surface area contributed by atoms with Gasteiger partial charge in [0.2, 0.25) is 17.7 Å². The smallest absolute Gasteiger partial charge is 0.248 e. The summed E-state index contributed by atoms with van der Waals surface area (Å²) in [5.41, 5.74) is 2.27. The van der Waals surface area contributed by atoms with E-state index in [9.17, 15) is 14.4 Å². The number of carbonyl (C=O) groups excluding carboxylic acids is 3. The van der Waals surface area contributed by atoms with Gasteiger partial charge in [0.1, 0.15) is 6.04 Å². The third-order valence-electron chi connectivity index (χ3n) is 3.92. The van der Waals surface area contributed by atoms with Crippen molar-refractivity contribution >= 4 is 56.2 Å². The Morgan fingerprint density at radius 3 is 2.55 bits per heavy atom. The minimum atomic E-state index is -0.732. The van der Waals surface area contributed by atoms with Gasteiger partial charge in [-0.1, -0.05) is 41.7 Å².